The van der Waals surface area contributed by atoms with Crippen LogP contribution in [0.2, 0.25) is 0 Å². The van der Waals surface area contributed by atoms with Crippen LogP contribution in [0.5, 0.6) is 11.5 Å². The first-order valence-corrected chi connectivity index (χ1v) is 11.4. The number of thiophene rings is 1. The van der Waals surface area contributed by atoms with E-state index in [9.17, 15) is 9.18 Å². The molecule has 2 aromatic carbocycles. The van der Waals surface area contributed by atoms with Crippen LogP contribution in [0.1, 0.15) is 28.5 Å². The van der Waals surface area contributed by atoms with E-state index < -0.39 is 0 Å². The predicted molar refractivity (Wildman–Crippen MR) is 127 cm³/mol. The van der Waals surface area contributed by atoms with Gasteiger partial charge in [0.25, 0.3) is 5.91 Å². The maximum atomic E-state index is 13.3. The summed E-state index contributed by atoms with van der Waals surface area (Å²) in [5, 5.41) is 8.31. The number of amides is 1. The molecule has 6 nitrogen and oxygen atoms in total. The second-order valence-electron chi connectivity index (χ2n) is 7.90. The molecule has 0 saturated heterocycles. The van der Waals surface area contributed by atoms with Gasteiger partial charge in [0, 0.05) is 13.0 Å². The monoisotopic (exact) mass is 467 g/mol. The summed E-state index contributed by atoms with van der Waals surface area (Å²) in [6.45, 7) is 0.713. The van der Waals surface area contributed by atoms with Crippen LogP contribution in [-0.4, -0.2) is 49.3 Å². The number of benzene rings is 2. The first-order valence-electron chi connectivity index (χ1n) is 10.6. The van der Waals surface area contributed by atoms with E-state index >= 15 is 0 Å². The van der Waals surface area contributed by atoms with Crippen LogP contribution in [0.25, 0.3) is 0 Å². The summed E-state index contributed by atoms with van der Waals surface area (Å²) in [4.78, 5) is 16.3. The van der Waals surface area contributed by atoms with Crippen molar-refractivity contribution in [2.45, 2.75) is 19.0 Å². The molecule has 3 aromatic rings. The van der Waals surface area contributed by atoms with E-state index in [0.717, 1.165) is 21.7 Å². The second kappa shape index (κ2) is 10.1. The van der Waals surface area contributed by atoms with Crippen LogP contribution >= 0.6 is 11.3 Å². The fraction of sp³-hybridized carbons (Fsp3) is 0.280. The number of nitrogens with zero attached hydrogens (tertiary/aromatic N) is 3. The minimum absolute atomic E-state index is 0.106. The fourth-order valence-corrected chi connectivity index (χ4v) is 4.63. The van der Waals surface area contributed by atoms with E-state index in [4.69, 9.17) is 14.6 Å². The summed E-state index contributed by atoms with van der Waals surface area (Å²) < 4.78 is 24.0. The van der Waals surface area contributed by atoms with E-state index in [1.807, 2.05) is 47.7 Å². The van der Waals surface area contributed by atoms with Gasteiger partial charge in [-0.3, -0.25) is 9.69 Å². The minimum atomic E-state index is -0.275. The third-order valence-electron chi connectivity index (χ3n) is 5.53. The molecule has 1 aromatic heterocycles. The topological polar surface area (TPSA) is 54.4 Å². The van der Waals surface area contributed by atoms with Gasteiger partial charge in [-0.15, -0.1) is 11.3 Å². The van der Waals surface area contributed by atoms with Gasteiger partial charge in [0.2, 0.25) is 0 Å². The lowest BCUT2D eigenvalue weighted by Crippen LogP contribution is -2.36. The highest BCUT2D eigenvalue weighted by Gasteiger charge is 2.34. The Kier molecular flexibility index (Phi) is 7.05. The Bertz CT molecular complexity index is 1130. The Morgan fingerprint density at radius 2 is 1.91 bits per heavy atom. The first kappa shape index (κ1) is 22.9. The zero-order valence-electron chi connectivity index (χ0n) is 18.8. The summed E-state index contributed by atoms with van der Waals surface area (Å²) >= 11 is 1.61. The van der Waals surface area contributed by atoms with Crippen LogP contribution in [0.3, 0.4) is 0 Å². The lowest BCUT2D eigenvalue weighted by Gasteiger charge is -2.25. The largest absolute Gasteiger partial charge is 0.493 e. The number of carbonyl (C=O) groups excluding carboxylic acids is 1. The van der Waals surface area contributed by atoms with Gasteiger partial charge in [0.1, 0.15) is 5.82 Å². The quantitative estimate of drug-likeness (QED) is 0.481. The number of carbonyl (C=O) groups is 1. The molecule has 0 saturated carbocycles. The van der Waals surface area contributed by atoms with Gasteiger partial charge in [0.05, 0.1) is 37.4 Å². The summed E-state index contributed by atoms with van der Waals surface area (Å²) in [7, 11) is 5.06. The number of rotatable bonds is 8. The molecule has 1 atom stereocenters. The third-order valence-corrected chi connectivity index (χ3v) is 6.45. The number of methoxy groups -OCH3 is 2. The van der Waals surface area contributed by atoms with E-state index in [-0.39, 0.29) is 24.3 Å². The van der Waals surface area contributed by atoms with Gasteiger partial charge in [-0.25, -0.2) is 9.40 Å². The van der Waals surface area contributed by atoms with E-state index in [1.54, 1.807) is 42.7 Å². The zero-order valence-corrected chi connectivity index (χ0v) is 19.6. The van der Waals surface area contributed by atoms with Crippen LogP contribution in [-0.2, 0) is 11.3 Å². The summed E-state index contributed by atoms with van der Waals surface area (Å²) in [6, 6.07) is 15.8. The zero-order chi connectivity index (χ0) is 23.4. The molecule has 1 amide bonds. The molecule has 0 radical (unpaired) electrons. The number of hydrazone groups is 1. The lowest BCUT2D eigenvalue weighted by atomic mass is 10.0. The molecular weight excluding hydrogens is 441 g/mol. The molecule has 0 fully saturated rings. The number of halogens is 1. The van der Waals surface area contributed by atoms with E-state index in [1.165, 1.54) is 12.1 Å². The van der Waals surface area contributed by atoms with Crippen LogP contribution < -0.4 is 9.47 Å². The van der Waals surface area contributed by atoms with Crippen molar-refractivity contribution < 1.29 is 18.7 Å². The van der Waals surface area contributed by atoms with Gasteiger partial charge in [0.15, 0.2) is 11.5 Å². The Hall–Kier alpha value is -3.23. The molecule has 0 N–H and O–H groups in total. The molecule has 2 heterocycles. The van der Waals surface area contributed by atoms with Crippen molar-refractivity contribution in [1.29, 1.82) is 0 Å². The Morgan fingerprint density at radius 3 is 2.58 bits per heavy atom. The van der Waals surface area contributed by atoms with Crippen molar-refractivity contribution in [1.82, 2.24) is 9.91 Å². The van der Waals surface area contributed by atoms with Crippen LogP contribution in [0, 0.1) is 5.82 Å². The van der Waals surface area contributed by atoms with Crippen molar-refractivity contribution in [3.63, 3.8) is 0 Å². The Labute approximate surface area is 196 Å². The molecule has 1 unspecified atom stereocenters. The van der Waals surface area contributed by atoms with Crippen molar-refractivity contribution in [3.05, 3.63) is 81.8 Å². The van der Waals surface area contributed by atoms with Gasteiger partial charge in [-0.05, 0) is 53.9 Å². The molecule has 172 valence electrons. The van der Waals surface area contributed by atoms with Crippen molar-refractivity contribution >= 4 is 23.0 Å². The smallest absolute Gasteiger partial charge is 0.257 e. The fourth-order valence-electron chi connectivity index (χ4n) is 3.91. The highest BCUT2D eigenvalue weighted by atomic mass is 32.1. The van der Waals surface area contributed by atoms with E-state index in [2.05, 4.69) is 0 Å². The normalized spacial score (nSPS) is 15.6. The van der Waals surface area contributed by atoms with Crippen molar-refractivity contribution in [2.75, 3.05) is 27.8 Å². The number of likely N-dealkylation sites (N-methyl/N-ethyl adjacent to an activating group) is 1. The molecule has 0 aliphatic carbocycles. The average molecular weight is 468 g/mol. The SMILES string of the molecule is COc1ccc(C2CC(c3cccs3)=NN2C(=O)CN(C)Cc2ccc(F)cc2)cc1OC. The maximum absolute atomic E-state index is 13.3. The second-order valence-corrected chi connectivity index (χ2v) is 8.84. The molecular formula is C25H26FN3O3S. The molecule has 1 aliphatic rings. The number of hydrogen-bond acceptors (Lipinski definition) is 6. The minimum Gasteiger partial charge on any atom is -0.493 e. The molecule has 33 heavy (non-hydrogen) atoms. The highest BCUT2D eigenvalue weighted by Crippen LogP contribution is 2.37. The summed E-state index contributed by atoms with van der Waals surface area (Å²) in [5.41, 5.74) is 2.75. The van der Waals surface area contributed by atoms with Crippen molar-refractivity contribution in [3.8, 4) is 11.5 Å². The average Bonchev–Trinajstić information content (AvgIpc) is 3.50. The molecule has 0 spiro atoms. The van der Waals surface area contributed by atoms with Gasteiger partial charge < -0.3 is 9.47 Å². The predicted octanol–water partition coefficient (Wildman–Crippen LogP) is 4.71. The van der Waals surface area contributed by atoms with E-state index in [0.29, 0.717) is 24.5 Å². The van der Waals surface area contributed by atoms with Gasteiger partial charge >= 0.3 is 0 Å². The van der Waals surface area contributed by atoms with Crippen LogP contribution in [0.4, 0.5) is 4.39 Å². The van der Waals surface area contributed by atoms with Crippen molar-refractivity contribution in [2.24, 2.45) is 5.10 Å². The first-order chi connectivity index (χ1) is 16.0. The standard InChI is InChI=1S/C25H26FN3O3S/c1-28(15-17-6-9-19(26)10-7-17)16-25(30)29-21(14-20(27-29)24-5-4-12-33-24)18-8-11-22(31-2)23(13-18)32-3/h4-13,21H,14-16H2,1-3H3. The molecule has 0 bridgehead atoms. The van der Waals surface area contributed by atoms with Gasteiger partial charge in [-0.1, -0.05) is 24.3 Å². The van der Waals surface area contributed by atoms with Gasteiger partial charge in [-0.2, -0.15) is 5.10 Å². The maximum Gasteiger partial charge on any atom is 0.257 e. The summed E-state index contributed by atoms with van der Waals surface area (Å²) in [6.07, 6.45) is 0.614. The molecule has 1 aliphatic heterocycles. The van der Waals surface area contributed by atoms with Crippen LogP contribution in [0.15, 0.2) is 65.1 Å². The molecule has 4 rings (SSSR count). The third kappa shape index (κ3) is 5.23. The summed E-state index contributed by atoms with van der Waals surface area (Å²) in [5.74, 6) is 0.865. The molecule has 8 heteroatoms. The highest BCUT2D eigenvalue weighted by molar-refractivity contribution is 7.12. The Balaban J connectivity index is 1.56. The number of hydrogen-bond donors (Lipinski definition) is 0. The number of ether oxygens (including phenoxy) is 2. The lowest BCUT2D eigenvalue weighted by molar-refractivity contribution is -0.134. The Morgan fingerprint density at radius 1 is 1.15 bits per heavy atom.